The van der Waals surface area contributed by atoms with E-state index in [-0.39, 0.29) is 11.8 Å². The van der Waals surface area contributed by atoms with Crippen LogP contribution in [0, 0.1) is 6.92 Å². The maximum atomic E-state index is 12.1. The molecule has 0 fully saturated rings. The number of benzene rings is 2. The molecule has 2 aliphatic rings. The maximum Gasteiger partial charge on any atom is 0.225 e. The van der Waals surface area contributed by atoms with Gasteiger partial charge in [-0.05, 0) is 29.7 Å². The van der Waals surface area contributed by atoms with Crippen LogP contribution < -0.4 is 14.8 Å². The number of ether oxygens (including phenoxy) is 2. The molecule has 0 saturated heterocycles. The molecule has 2 aromatic carbocycles. The molecule has 112 valence electrons. The van der Waals surface area contributed by atoms with Gasteiger partial charge in [0.25, 0.3) is 0 Å². The molecule has 4 heteroatoms. The van der Waals surface area contributed by atoms with E-state index in [0.29, 0.717) is 25.4 Å². The zero-order valence-corrected chi connectivity index (χ0v) is 12.4. The van der Waals surface area contributed by atoms with Crippen LogP contribution in [-0.4, -0.2) is 19.1 Å². The van der Waals surface area contributed by atoms with E-state index in [2.05, 4.69) is 24.4 Å². The first-order valence-electron chi connectivity index (χ1n) is 7.51. The highest BCUT2D eigenvalue weighted by molar-refractivity contribution is 5.96. The summed E-state index contributed by atoms with van der Waals surface area (Å²) in [6, 6.07) is 12.1. The lowest BCUT2D eigenvalue weighted by molar-refractivity contribution is -0.116. The molecule has 22 heavy (non-hydrogen) atoms. The number of aryl methyl sites for hydroxylation is 1. The van der Waals surface area contributed by atoms with Crippen LogP contribution in [0.5, 0.6) is 11.5 Å². The molecule has 2 aliphatic heterocycles. The van der Waals surface area contributed by atoms with Crippen LogP contribution in [0.2, 0.25) is 0 Å². The molecule has 0 unspecified atom stereocenters. The van der Waals surface area contributed by atoms with E-state index >= 15 is 0 Å². The molecule has 0 bridgehead atoms. The van der Waals surface area contributed by atoms with Crippen LogP contribution >= 0.6 is 0 Å². The molecule has 0 radical (unpaired) electrons. The molecule has 2 aromatic rings. The standard InChI is InChI=1S/C18H17NO3/c1-11-4-2-3-5-12(11)13-9-18(20)19-15-10-17-16(8-14(13)15)21-6-7-22-17/h2-5,8,10,13H,6-7,9H2,1H3,(H,19,20)/t13-/m0/s1. The minimum Gasteiger partial charge on any atom is -0.486 e. The van der Waals surface area contributed by atoms with Gasteiger partial charge < -0.3 is 14.8 Å². The number of nitrogens with one attached hydrogen (secondary N) is 1. The third-order valence-electron chi connectivity index (χ3n) is 4.32. The van der Waals surface area contributed by atoms with Gasteiger partial charge in [0.05, 0.1) is 0 Å². The molecule has 4 rings (SSSR count). The van der Waals surface area contributed by atoms with Crippen molar-refractivity contribution in [2.75, 3.05) is 18.5 Å². The van der Waals surface area contributed by atoms with Crippen molar-refractivity contribution < 1.29 is 14.3 Å². The quantitative estimate of drug-likeness (QED) is 0.878. The summed E-state index contributed by atoms with van der Waals surface area (Å²) in [5.74, 6) is 1.56. The fourth-order valence-electron chi connectivity index (χ4n) is 3.25. The average molecular weight is 295 g/mol. The monoisotopic (exact) mass is 295 g/mol. The van der Waals surface area contributed by atoms with Gasteiger partial charge in [0.15, 0.2) is 11.5 Å². The highest BCUT2D eigenvalue weighted by Crippen LogP contribution is 2.44. The van der Waals surface area contributed by atoms with Crippen molar-refractivity contribution >= 4 is 11.6 Å². The Morgan fingerprint density at radius 1 is 1.05 bits per heavy atom. The van der Waals surface area contributed by atoms with Crippen LogP contribution in [0.3, 0.4) is 0 Å². The third kappa shape index (κ3) is 2.11. The molecule has 0 saturated carbocycles. The van der Waals surface area contributed by atoms with Gasteiger partial charge >= 0.3 is 0 Å². The minimum absolute atomic E-state index is 0.0393. The lowest BCUT2D eigenvalue weighted by Crippen LogP contribution is -2.25. The number of carbonyl (C=O) groups excluding carboxylic acids is 1. The SMILES string of the molecule is Cc1ccccc1[C@@H]1CC(=O)Nc2cc3c(cc21)OCCO3. The van der Waals surface area contributed by atoms with E-state index in [1.165, 1.54) is 11.1 Å². The van der Waals surface area contributed by atoms with E-state index in [4.69, 9.17) is 9.47 Å². The molecule has 1 amide bonds. The second kappa shape index (κ2) is 5.05. The summed E-state index contributed by atoms with van der Waals surface area (Å²) < 4.78 is 11.3. The fraction of sp³-hybridized carbons (Fsp3) is 0.278. The van der Waals surface area contributed by atoms with E-state index in [9.17, 15) is 4.79 Å². The molecule has 0 aliphatic carbocycles. The maximum absolute atomic E-state index is 12.1. The number of rotatable bonds is 1. The molecular weight excluding hydrogens is 278 g/mol. The van der Waals surface area contributed by atoms with Crippen molar-refractivity contribution in [2.45, 2.75) is 19.3 Å². The van der Waals surface area contributed by atoms with Crippen LogP contribution in [0.1, 0.15) is 29.0 Å². The fourth-order valence-corrected chi connectivity index (χ4v) is 3.25. The predicted octanol–water partition coefficient (Wildman–Crippen LogP) is 3.24. The lowest BCUT2D eigenvalue weighted by atomic mass is 9.82. The molecule has 2 heterocycles. The zero-order valence-electron chi connectivity index (χ0n) is 12.4. The van der Waals surface area contributed by atoms with E-state index in [0.717, 1.165) is 17.0 Å². The van der Waals surface area contributed by atoms with Crippen molar-refractivity contribution in [1.29, 1.82) is 0 Å². The van der Waals surface area contributed by atoms with Crippen LogP contribution in [-0.2, 0) is 4.79 Å². The van der Waals surface area contributed by atoms with Gasteiger partial charge in [0, 0.05) is 24.1 Å². The van der Waals surface area contributed by atoms with Gasteiger partial charge in [-0.3, -0.25) is 4.79 Å². The second-order valence-corrected chi connectivity index (χ2v) is 5.74. The topological polar surface area (TPSA) is 47.6 Å². The Hall–Kier alpha value is -2.49. The summed E-state index contributed by atoms with van der Waals surface area (Å²) in [4.78, 5) is 12.1. The van der Waals surface area contributed by atoms with Crippen LogP contribution in [0.15, 0.2) is 36.4 Å². The van der Waals surface area contributed by atoms with E-state index in [1.54, 1.807) is 0 Å². The minimum atomic E-state index is 0.0393. The Bertz CT molecular complexity index is 754. The molecule has 0 spiro atoms. The summed E-state index contributed by atoms with van der Waals surface area (Å²) >= 11 is 0. The summed E-state index contributed by atoms with van der Waals surface area (Å²) in [7, 11) is 0. The highest BCUT2D eigenvalue weighted by atomic mass is 16.6. The van der Waals surface area contributed by atoms with Gasteiger partial charge in [0.2, 0.25) is 5.91 Å². The molecule has 1 N–H and O–H groups in total. The average Bonchev–Trinajstić information content (AvgIpc) is 2.53. The largest absolute Gasteiger partial charge is 0.486 e. The number of hydrogen-bond acceptors (Lipinski definition) is 3. The van der Waals surface area contributed by atoms with Gasteiger partial charge in [-0.1, -0.05) is 24.3 Å². The van der Waals surface area contributed by atoms with Gasteiger partial charge in [0.1, 0.15) is 13.2 Å². The van der Waals surface area contributed by atoms with Gasteiger partial charge in [-0.2, -0.15) is 0 Å². The van der Waals surface area contributed by atoms with Gasteiger partial charge in [-0.25, -0.2) is 0 Å². The van der Waals surface area contributed by atoms with Crippen molar-refractivity contribution in [2.24, 2.45) is 0 Å². The molecule has 4 nitrogen and oxygen atoms in total. The Balaban J connectivity index is 1.86. The zero-order chi connectivity index (χ0) is 15.1. The first-order valence-corrected chi connectivity index (χ1v) is 7.51. The first-order chi connectivity index (χ1) is 10.7. The van der Waals surface area contributed by atoms with Crippen LogP contribution in [0.25, 0.3) is 0 Å². The molecular formula is C18H17NO3. The smallest absolute Gasteiger partial charge is 0.225 e. The first kappa shape index (κ1) is 13.2. The van der Waals surface area contributed by atoms with E-state index < -0.39 is 0 Å². The number of anilines is 1. The third-order valence-corrected chi connectivity index (χ3v) is 4.32. The van der Waals surface area contributed by atoms with Crippen molar-refractivity contribution in [1.82, 2.24) is 0 Å². The summed E-state index contributed by atoms with van der Waals surface area (Å²) in [6.45, 7) is 3.19. The number of hydrogen-bond donors (Lipinski definition) is 1. The number of carbonyl (C=O) groups is 1. The molecule has 1 atom stereocenters. The second-order valence-electron chi connectivity index (χ2n) is 5.74. The number of amides is 1. The Kier molecular flexibility index (Phi) is 3.03. The summed E-state index contributed by atoms with van der Waals surface area (Å²) in [6.07, 6.45) is 0.456. The van der Waals surface area contributed by atoms with Crippen molar-refractivity contribution in [3.8, 4) is 11.5 Å². The normalized spacial score (nSPS) is 19.3. The van der Waals surface area contributed by atoms with Crippen molar-refractivity contribution in [3.63, 3.8) is 0 Å². The van der Waals surface area contributed by atoms with Crippen LogP contribution in [0.4, 0.5) is 5.69 Å². The van der Waals surface area contributed by atoms with Crippen molar-refractivity contribution in [3.05, 3.63) is 53.1 Å². The molecule has 0 aromatic heterocycles. The highest BCUT2D eigenvalue weighted by Gasteiger charge is 2.29. The Morgan fingerprint density at radius 3 is 2.55 bits per heavy atom. The predicted molar refractivity (Wildman–Crippen MR) is 83.7 cm³/mol. The lowest BCUT2D eigenvalue weighted by Gasteiger charge is -2.29. The number of fused-ring (bicyclic) bond motifs is 2. The Morgan fingerprint density at radius 2 is 1.77 bits per heavy atom. The van der Waals surface area contributed by atoms with Gasteiger partial charge in [-0.15, -0.1) is 0 Å². The Labute approximate surface area is 129 Å². The summed E-state index contributed by atoms with van der Waals surface area (Å²) in [5, 5.41) is 2.95. The van der Waals surface area contributed by atoms with E-state index in [1.807, 2.05) is 24.3 Å². The summed E-state index contributed by atoms with van der Waals surface area (Å²) in [5.41, 5.74) is 4.31.